The zero-order chi connectivity index (χ0) is 15.5. The van der Waals surface area contributed by atoms with Crippen LogP contribution in [0.15, 0.2) is 24.3 Å². The van der Waals surface area contributed by atoms with E-state index in [2.05, 4.69) is 64.2 Å². The Bertz CT molecular complexity index is 436. The van der Waals surface area contributed by atoms with Crippen LogP contribution >= 0.6 is 0 Å². The van der Waals surface area contributed by atoms with E-state index in [4.69, 9.17) is 4.74 Å². The highest BCUT2D eigenvalue weighted by Crippen LogP contribution is 2.36. The first-order chi connectivity index (χ1) is 9.76. The molecule has 0 bridgehead atoms. The molecule has 1 heterocycles. The zero-order valence-corrected chi connectivity index (χ0v) is 14.3. The Balaban J connectivity index is 1.94. The molecule has 21 heavy (non-hydrogen) atoms. The first kappa shape index (κ1) is 16.4. The van der Waals surface area contributed by atoms with Gasteiger partial charge in [-0.2, -0.15) is 0 Å². The van der Waals surface area contributed by atoms with E-state index in [9.17, 15) is 0 Å². The lowest BCUT2D eigenvalue weighted by atomic mass is 9.72. The number of hydrogen-bond donors (Lipinski definition) is 1. The van der Waals surface area contributed by atoms with E-state index < -0.39 is 0 Å². The van der Waals surface area contributed by atoms with E-state index in [1.54, 1.807) is 0 Å². The summed E-state index contributed by atoms with van der Waals surface area (Å²) in [6.45, 7) is 13.5. The Morgan fingerprint density at radius 1 is 1.10 bits per heavy atom. The number of hydrogen-bond acceptors (Lipinski definition) is 2. The highest BCUT2D eigenvalue weighted by Gasteiger charge is 2.27. The Morgan fingerprint density at radius 3 is 2.29 bits per heavy atom. The van der Waals surface area contributed by atoms with Crippen LogP contribution in [0.3, 0.4) is 0 Å². The van der Waals surface area contributed by atoms with Gasteiger partial charge in [-0.1, -0.05) is 46.8 Å². The predicted octanol–water partition coefficient (Wildman–Crippen LogP) is 4.53. The van der Waals surface area contributed by atoms with Gasteiger partial charge >= 0.3 is 0 Å². The fraction of sp³-hybridized carbons (Fsp3) is 0.684. The van der Waals surface area contributed by atoms with Crippen molar-refractivity contribution in [1.29, 1.82) is 0 Å². The van der Waals surface area contributed by atoms with Crippen molar-refractivity contribution in [2.24, 2.45) is 5.41 Å². The summed E-state index contributed by atoms with van der Waals surface area (Å²) in [6, 6.07) is 9.22. The van der Waals surface area contributed by atoms with Crippen LogP contribution in [0.4, 0.5) is 0 Å². The summed E-state index contributed by atoms with van der Waals surface area (Å²) in [7, 11) is 0. The lowest BCUT2D eigenvalue weighted by molar-refractivity contribution is 0.275. The SMILES string of the molecule is CC(C)(C)CC(C)(C)c1ccc(OC[C@@H]2CCCN2)cc1. The van der Waals surface area contributed by atoms with E-state index in [1.165, 1.54) is 24.8 Å². The van der Waals surface area contributed by atoms with Gasteiger partial charge in [-0.15, -0.1) is 0 Å². The average molecular weight is 289 g/mol. The summed E-state index contributed by atoms with van der Waals surface area (Å²) in [5.41, 5.74) is 1.93. The minimum Gasteiger partial charge on any atom is -0.492 e. The lowest BCUT2D eigenvalue weighted by Gasteiger charge is -2.33. The molecule has 0 spiro atoms. The van der Waals surface area contributed by atoms with Crippen molar-refractivity contribution < 1.29 is 4.74 Å². The largest absolute Gasteiger partial charge is 0.492 e. The molecule has 2 nitrogen and oxygen atoms in total. The summed E-state index contributed by atoms with van der Waals surface area (Å²) in [5.74, 6) is 0.985. The molecule has 0 aromatic heterocycles. The Hall–Kier alpha value is -1.02. The average Bonchev–Trinajstić information content (AvgIpc) is 2.87. The molecule has 1 N–H and O–H groups in total. The van der Waals surface area contributed by atoms with Gasteiger partial charge in [-0.05, 0) is 54.3 Å². The van der Waals surface area contributed by atoms with Gasteiger partial charge in [-0.25, -0.2) is 0 Å². The third-order valence-corrected chi connectivity index (χ3v) is 4.22. The van der Waals surface area contributed by atoms with Crippen molar-refractivity contribution in [2.75, 3.05) is 13.2 Å². The molecule has 0 unspecified atom stereocenters. The summed E-state index contributed by atoms with van der Waals surface area (Å²) < 4.78 is 5.90. The van der Waals surface area contributed by atoms with E-state index in [-0.39, 0.29) is 5.41 Å². The molecule has 0 amide bonds. The van der Waals surface area contributed by atoms with Crippen LogP contribution < -0.4 is 10.1 Å². The fourth-order valence-corrected chi connectivity index (χ4v) is 3.53. The number of ether oxygens (including phenoxy) is 1. The van der Waals surface area contributed by atoms with E-state index in [0.29, 0.717) is 11.5 Å². The maximum absolute atomic E-state index is 5.90. The van der Waals surface area contributed by atoms with Crippen molar-refractivity contribution >= 4 is 0 Å². The van der Waals surface area contributed by atoms with Crippen LogP contribution in [-0.2, 0) is 5.41 Å². The standard InChI is InChI=1S/C19H31NO/c1-18(2,3)14-19(4,5)15-8-10-17(11-9-15)21-13-16-7-6-12-20-16/h8-11,16,20H,6-7,12-14H2,1-5H3/t16-/m0/s1. The van der Waals surface area contributed by atoms with Gasteiger partial charge in [0.25, 0.3) is 0 Å². The topological polar surface area (TPSA) is 21.3 Å². The Labute approximate surface area is 130 Å². The van der Waals surface area contributed by atoms with E-state index >= 15 is 0 Å². The van der Waals surface area contributed by atoms with Gasteiger partial charge in [0, 0.05) is 6.04 Å². The quantitative estimate of drug-likeness (QED) is 0.860. The summed E-state index contributed by atoms with van der Waals surface area (Å²) in [4.78, 5) is 0. The molecule has 0 aliphatic carbocycles. The highest BCUT2D eigenvalue weighted by molar-refractivity contribution is 5.31. The van der Waals surface area contributed by atoms with Crippen LogP contribution in [-0.4, -0.2) is 19.2 Å². The van der Waals surface area contributed by atoms with Crippen molar-refractivity contribution in [3.05, 3.63) is 29.8 Å². The minimum absolute atomic E-state index is 0.198. The van der Waals surface area contributed by atoms with Gasteiger partial charge in [0.2, 0.25) is 0 Å². The highest BCUT2D eigenvalue weighted by atomic mass is 16.5. The lowest BCUT2D eigenvalue weighted by Crippen LogP contribution is -2.28. The Kier molecular flexibility index (Phi) is 4.98. The van der Waals surface area contributed by atoms with Crippen molar-refractivity contribution in [2.45, 2.75) is 65.3 Å². The molecule has 1 atom stereocenters. The van der Waals surface area contributed by atoms with Crippen molar-refractivity contribution in [3.63, 3.8) is 0 Å². The maximum Gasteiger partial charge on any atom is 0.119 e. The molecule has 1 saturated heterocycles. The summed E-state index contributed by atoms with van der Waals surface area (Å²) in [6.07, 6.45) is 3.68. The van der Waals surface area contributed by atoms with Crippen molar-refractivity contribution in [1.82, 2.24) is 5.32 Å². The van der Waals surface area contributed by atoms with Crippen LogP contribution in [0.2, 0.25) is 0 Å². The first-order valence-electron chi connectivity index (χ1n) is 8.23. The number of benzene rings is 1. The summed E-state index contributed by atoms with van der Waals surface area (Å²) >= 11 is 0. The normalized spacial score (nSPS) is 19.8. The fourth-order valence-electron chi connectivity index (χ4n) is 3.53. The minimum atomic E-state index is 0.198. The monoisotopic (exact) mass is 289 g/mol. The second kappa shape index (κ2) is 6.39. The van der Waals surface area contributed by atoms with Gasteiger partial charge in [0.15, 0.2) is 0 Å². The molecule has 2 rings (SSSR count). The van der Waals surface area contributed by atoms with Gasteiger partial charge in [0.05, 0.1) is 0 Å². The van der Waals surface area contributed by atoms with Crippen LogP contribution in [0.5, 0.6) is 5.75 Å². The molecule has 2 heteroatoms. The number of nitrogens with one attached hydrogen (secondary N) is 1. The van der Waals surface area contributed by atoms with Crippen LogP contribution in [0.1, 0.15) is 59.4 Å². The third kappa shape index (κ3) is 5.03. The van der Waals surface area contributed by atoms with E-state index in [0.717, 1.165) is 18.9 Å². The molecule has 0 saturated carbocycles. The predicted molar refractivity (Wildman–Crippen MR) is 90.1 cm³/mol. The van der Waals surface area contributed by atoms with Crippen molar-refractivity contribution in [3.8, 4) is 5.75 Å². The molecule has 1 aliphatic rings. The molecular weight excluding hydrogens is 258 g/mol. The van der Waals surface area contributed by atoms with Crippen LogP contribution in [0, 0.1) is 5.41 Å². The molecule has 118 valence electrons. The Morgan fingerprint density at radius 2 is 1.76 bits per heavy atom. The molecule has 1 aromatic rings. The maximum atomic E-state index is 5.90. The van der Waals surface area contributed by atoms with Gasteiger partial charge in [-0.3, -0.25) is 0 Å². The first-order valence-corrected chi connectivity index (χ1v) is 8.23. The second-order valence-electron chi connectivity index (χ2n) is 8.25. The molecule has 1 aromatic carbocycles. The van der Waals surface area contributed by atoms with Gasteiger partial charge in [0.1, 0.15) is 12.4 Å². The number of rotatable bonds is 5. The smallest absolute Gasteiger partial charge is 0.119 e. The molecular formula is C19H31NO. The molecule has 1 aliphatic heterocycles. The third-order valence-electron chi connectivity index (χ3n) is 4.22. The van der Waals surface area contributed by atoms with Gasteiger partial charge < -0.3 is 10.1 Å². The zero-order valence-electron chi connectivity index (χ0n) is 14.3. The molecule has 0 radical (unpaired) electrons. The van der Waals surface area contributed by atoms with E-state index in [1.807, 2.05) is 0 Å². The summed E-state index contributed by atoms with van der Waals surface area (Å²) in [5, 5.41) is 3.46. The molecule has 1 fully saturated rings. The second-order valence-corrected chi connectivity index (χ2v) is 8.25. The van der Waals surface area contributed by atoms with Crippen LogP contribution in [0.25, 0.3) is 0 Å².